The number of thiophene rings is 1. The first-order chi connectivity index (χ1) is 7.40. The summed E-state index contributed by atoms with van der Waals surface area (Å²) in [7, 11) is 0. The van der Waals surface area contributed by atoms with Gasteiger partial charge >= 0.3 is 0 Å². The van der Waals surface area contributed by atoms with Crippen molar-refractivity contribution < 1.29 is 4.74 Å². The second-order valence-corrected chi connectivity index (χ2v) is 5.09. The van der Waals surface area contributed by atoms with Crippen LogP contribution in [0.1, 0.15) is 4.88 Å². The van der Waals surface area contributed by atoms with Crippen LogP contribution in [-0.4, -0.2) is 43.1 Å². The molecule has 15 heavy (non-hydrogen) atoms. The topological polar surface area (TPSA) is 12.5 Å². The SMILES string of the molecule is ClCC1COCCN1CCc1cccs1. The van der Waals surface area contributed by atoms with Crippen LogP contribution in [0.25, 0.3) is 0 Å². The lowest BCUT2D eigenvalue weighted by Gasteiger charge is -2.34. The van der Waals surface area contributed by atoms with E-state index in [1.807, 2.05) is 11.3 Å². The lowest BCUT2D eigenvalue weighted by atomic mass is 10.2. The Morgan fingerprint density at radius 1 is 1.60 bits per heavy atom. The molecule has 0 N–H and O–H groups in total. The van der Waals surface area contributed by atoms with Crippen LogP contribution < -0.4 is 0 Å². The standard InChI is InChI=1S/C11H16ClNOS/c12-8-10-9-14-6-5-13(10)4-3-11-2-1-7-15-11/h1-2,7,10H,3-6,8-9H2. The van der Waals surface area contributed by atoms with Crippen molar-refractivity contribution in [3.05, 3.63) is 22.4 Å². The number of rotatable bonds is 4. The van der Waals surface area contributed by atoms with E-state index in [9.17, 15) is 0 Å². The third-order valence-corrected chi connectivity index (χ3v) is 4.05. The van der Waals surface area contributed by atoms with Gasteiger partial charge < -0.3 is 4.74 Å². The molecule has 0 amide bonds. The summed E-state index contributed by atoms with van der Waals surface area (Å²) >= 11 is 7.75. The zero-order valence-electron chi connectivity index (χ0n) is 8.69. The number of halogens is 1. The number of alkyl halides is 1. The highest BCUT2D eigenvalue weighted by Crippen LogP contribution is 2.13. The molecule has 84 valence electrons. The van der Waals surface area contributed by atoms with Gasteiger partial charge in [-0.05, 0) is 17.9 Å². The molecule has 4 heteroatoms. The van der Waals surface area contributed by atoms with E-state index in [-0.39, 0.29) is 0 Å². The van der Waals surface area contributed by atoms with Crippen LogP contribution in [0.15, 0.2) is 17.5 Å². The summed E-state index contributed by atoms with van der Waals surface area (Å²) in [6.45, 7) is 3.75. The van der Waals surface area contributed by atoms with Crippen molar-refractivity contribution in [3.8, 4) is 0 Å². The Morgan fingerprint density at radius 2 is 2.53 bits per heavy atom. The van der Waals surface area contributed by atoms with Crippen LogP contribution in [0, 0.1) is 0 Å². The van der Waals surface area contributed by atoms with E-state index >= 15 is 0 Å². The summed E-state index contributed by atoms with van der Waals surface area (Å²) in [5.74, 6) is 0.671. The van der Waals surface area contributed by atoms with E-state index in [0.29, 0.717) is 11.9 Å². The van der Waals surface area contributed by atoms with Crippen LogP contribution in [0.5, 0.6) is 0 Å². The largest absolute Gasteiger partial charge is 0.378 e. The summed E-state index contributed by atoms with van der Waals surface area (Å²) in [4.78, 5) is 3.89. The fourth-order valence-electron chi connectivity index (χ4n) is 1.83. The Balaban J connectivity index is 1.81. The van der Waals surface area contributed by atoms with Crippen LogP contribution in [0.2, 0.25) is 0 Å². The molecular weight excluding hydrogens is 230 g/mol. The average molecular weight is 246 g/mol. The third-order valence-electron chi connectivity index (χ3n) is 2.75. The minimum atomic E-state index is 0.403. The van der Waals surface area contributed by atoms with Crippen molar-refractivity contribution in [2.45, 2.75) is 12.5 Å². The summed E-state index contributed by atoms with van der Waals surface area (Å²) in [5, 5.41) is 2.13. The quantitative estimate of drug-likeness (QED) is 0.755. The highest BCUT2D eigenvalue weighted by Gasteiger charge is 2.21. The molecule has 1 unspecified atom stereocenters. The molecular formula is C11H16ClNOS. The molecule has 1 saturated heterocycles. The Kier molecular flexibility index (Phi) is 4.44. The second kappa shape index (κ2) is 5.85. The Morgan fingerprint density at radius 3 is 3.27 bits per heavy atom. The molecule has 1 atom stereocenters. The monoisotopic (exact) mass is 245 g/mol. The predicted octanol–water partition coefficient (Wildman–Crippen LogP) is 2.23. The van der Waals surface area contributed by atoms with Gasteiger partial charge in [0, 0.05) is 29.9 Å². The predicted molar refractivity (Wildman–Crippen MR) is 64.9 cm³/mol. The molecule has 0 saturated carbocycles. The average Bonchev–Trinajstić information content (AvgIpc) is 2.79. The first-order valence-electron chi connectivity index (χ1n) is 5.30. The molecule has 0 spiro atoms. The first kappa shape index (κ1) is 11.4. The third kappa shape index (κ3) is 3.18. The Bertz CT molecular complexity index is 278. The summed E-state index contributed by atoms with van der Waals surface area (Å²) in [6.07, 6.45) is 1.13. The van der Waals surface area contributed by atoms with Crippen LogP contribution in [0.3, 0.4) is 0 Å². The molecule has 1 aliphatic rings. The number of morpholine rings is 1. The molecule has 1 aliphatic heterocycles. The molecule has 1 fully saturated rings. The van der Waals surface area contributed by atoms with Gasteiger partial charge in [-0.25, -0.2) is 0 Å². The maximum absolute atomic E-state index is 5.92. The van der Waals surface area contributed by atoms with E-state index in [1.165, 1.54) is 4.88 Å². The molecule has 2 rings (SSSR count). The zero-order chi connectivity index (χ0) is 10.5. The molecule has 0 aromatic carbocycles. The first-order valence-corrected chi connectivity index (χ1v) is 6.71. The maximum Gasteiger partial charge on any atom is 0.0634 e. The van der Waals surface area contributed by atoms with E-state index in [2.05, 4.69) is 22.4 Å². The smallest absolute Gasteiger partial charge is 0.0634 e. The fraction of sp³-hybridized carbons (Fsp3) is 0.636. The van der Waals surface area contributed by atoms with Crippen LogP contribution >= 0.6 is 22.9 Å². The van der Waals surface area contributed by atoms with Gasteiger partial charge in [0.15, 0.2) is 0 Å². The van der Waals surface area contributed by atoms with Gasteiger partial charge in [-0.2, -0.15) is 0 Å². The van der Waals surface area contributed by atoms with Crippen molar-refractivity contribution in [2.24, 2.45) is 0 Å². The minimum absolute atomic E-state index is 0.403. The molecule has 0 radical (unpaired) electrons. The summed E-state index contributed by atoms with van der Waals surface area (Å²) < 4.78 is 5.42. The van der Waals surface area contributed by atoms with E-state index in [4.69, 9.17) is 16.3 Å². The summed E-state index contributed by atoms with van der Waals surface area (Å²) in [5.41, 5.74) is 0. The Hall–Kier alpha value is -0.0900. The van der Waals surface area contributed by atoms with Crippen molar-refractivity contribution in [2.75, 3.05) is 32.2 Å². The number of hydrogen-bond donors (Lipinski definition) is 0. The van der Waals surface area contributed by atoms with Crippen molar-refractivity contribution in [1.82, 2.24) is 4.90 Å². The summed E-state index contributed by atoms with van der Waals surface area (Å²) in [6, 6.07) is 4.71. The van der Waals surface area contributed by atoms with E-state index in [0.717, 1.165) is 32.7 Å². The normalized spacial score (nSPS) is 23.1. The molecule has 1 aromatic rings. The van der Waals surface area contributed by atoms with Gasteiger partial charge in [0.2, 0.25) is 0 Å². The highest BCUT2D eigenvalue weighted by molar-refractivity contribution is 7.09. The van der Waals surface area contributed by atoms with Crippen molar-refractivity contribution in [1.29, 1.82) is 0 Å². The molecule has 0 aliphatic carbocycles. The van der Waals surface area contributed by atoms with Crippen molar-refractivity contribution in [3.63, 3.8) is 0 Å². The van der Waals surface area contributed by atoms with E-state index in [1.54, 1.807) is 0 Å². The zero-order valence-corrected chi connectivity index (χ0v) is 10.3. The highest BCUT2D eigenvalue weighted by atomic mass is 35.5. The number of nitrogens with zero attached hydrogens (tertiary/aromatic N) is 1. The number of hydrogen-bond acceptors (Lipinski definition) is 3. The van der Waals surface area contributed by atoms with Gasteiger partial charge in [0.25, 0.3) is 0 Å². The fourth-order valence-corrected chi connectivity index (χ4v) is 2.82. The second-order valence-electron chi connectivity index (χ2n) is 3.75. The van der Waals surface area contributed by atoms with Crippen LogP contribution in [0.4, 0.5) is 0 Å². The molecule has 1 aromatic heterocycles. The Labute approximate surface area is 99.8 Å². The van der Waals surface area contributed by atoms with Gasteiger partial charge in [-0.15, -0.1) is 22.9 Å². The van der Waals surface area contributed by atoms with Gasteiger partial charge in [0.05, 0.1) is 13.2 Å². The molecule has 2 nitrogen and oxygen atoms in total. The van der Waals surface area contributed by atoms with Crippen molar-refractivity contribution >= 4 is 22.9 Å². The van der Waals surface area contributed by atoms with Gasteiger partial charge in [-0.1, -0.05) is 6.07 Å². The van der Waals surface area contributed by atoms with Gasteiger partial charge in [0.1, 0.15) is 0 Å². The lowest BCUT2D eigenvalue weighted by Crippen LogP contribution is -2.47. The lowest BCUT2D eigenvalue weighted by molar-refractivity contribution is 0.00176. The molecule has 0 bridgehead atoms. The number of ether oxygens (including phenoxy) is 1. The maximum atomic E-state index is 5.92. The van der Waals surface area contributed by atoms with E-state index < -0.39 is 0 Å². The minimum Gasteiger partial charge on any atom is -0.378 e. The van der Waals surface area contributed by atoms with Gasteiger partial charge in [-0.3, -0.25) is 4.90 Å². The molecule has 2 heterocycles. The van der Waals surface area contributed by atoms with Crippen LogP contribution in [-0.2, 0) is 11.2 Å².